The maximum atomic E-state index is 12.6. The average molecular weight is 357 g/mol. The molecule has 132 valence electrons. The van der Waals surface area contributed by atoms with Crippen molar-refractivity contribution < 1.29 is 14.0 Å². The van der Waals surface area contributed by atoms with Gasteiger partial charge in [-0.2, -0.15) is 0 Å². The number of carbonyl (C=O) groups is 2. The van der Waals surface area contributed by atoms with Gasteiger partial charge in [0.25, 0.3) is 5.91 Å². The summed E-state index contributed by atoms with van der Waals surface area (Å²) in [7, 11) is 0. The highest BCUT2D eigenvalue weighted by atomic mass is 16.4. The smallest absolute Gasteiger partial charge is 0.349 e. The Labute approximate surface area is 154 Å². The fraction of sp³-hybridized carbons (Fsp3) is 0.0455. The molecule has 0 radical (unpaired) electrons. The van der Waals surface area contributed by atoms with Gasteiger partial charge in [0.2, 0.25) is 0 Å². The van der Waals surface area contributed by atoms with Crippen LogP contribution < -0.4 is 10.9 Å². The van der Waals surface area contributed by atoms with Crippen molar-refractivity contribution in [3.63, 3.8) is 0 Å². The van der Waals surface area contributed by atoms with E-state index in [9.17, 15) is 14.4 Å². The second-order valence-corrected chi connectivity index (χ2v) is 6.24. The second-order valence-electron chi connectivity index (χ2n) is 6.24. The molecule has 0 bridgehead atoms. The molecule has 4 rings (SSSR count). The highest BCUT2D eigenvalue weighted by Crippen LogP contribution is 2.25. The first kappa shape index (κ1) is 16.7. The summed E-state index contributed by atoms with van der Waals surface area (Å²) in [6.45, 7) is 1.45. The summed E-state index contributed by atoms with van der Waals surface area (Å²) in [6.07, 6.45) is 0. The first-order chi connectivity index (χ1) is 13.0. The Morgan fingerprint density at radius 3 is 2.52 bits per heavy atom. The molecule has 1 heterocycles. The van der Waals surface area contributed by atoms with Gasteiger partial charge in [-0.15, -0.1) is 0 Å². The topological polar surface area (TPSA) is 76.4 Å². The van der Waals surface area contributed by atoms with E-state index >= 15 is 0 Å². The quantitative estimate of drug-likeness (QED) is 0.335. The van der Waals surface area contributed by atoms with E-state index in [1.54, 1.807) is 36.4 Å². The predicted molar refractivity (Wildman–Crippen MR) is 104 cm³/mol. The van der Waals surface area contributed by atoms with E-state index in [4.69, 9.17) is 4.42 Å². The van der Waals surface area contributed by atoms with Crippen molar-refractivity contribution >= 4 is 39.1 Å². The molecule has 4 aromatic rings. The van der Waals surface area contributed by atoms with Gasteiger partial charge in [-0.1, -0.05) is 42.5 Å². The number of rotatable bonds is 3. The Balaban J connectivity index is 1.78. The minimum absolute atomic E-state index is 0.0907. The van der Waals surface area contributed by atoms with Crippen molar-refractivity contribution in [2.75, 3.05) is 5.32 Å². The number of hydrogen-bond donors (Lipinski definition) is 1. The van der Waals surface area contributed by atoms with E-state index in [0.717, 1.165) is 10.8 Å². The van der Waals surface area contributed by atoms with E-state index in [1.807, 2.05) is 30.3 Å². The number of fused-ring (bicyclic) bond motifs is 3. The molecule has 1 amide bonds. The van der Waals surface area contributed by atoms with Crippen LogP contribution in [0.25, 0.3) is 21.7 Å². The molecule has 0 atom stereocenters. The maximum absolute atomic E-state index is 12.6. The molecule has 1 N–H and O–H groups in total. The lowest BCUT2D eigenvalue weighted by molar-refractivity contribution is 0.100. The third-order valence-electron chi connectivity index (χ3n) is 4.41. The van der Waals surface area contributed by atoms with Crippen LogP contribution >= 0.6 is 0 Å². The molecule has 3 aromatic carbocycles. The Morgan fingerprint density at radius 2 is 1.70 bits per heavy atom. The number of benzene rings is 3. The van der Waals surface area contributed by atoms with Gasteiger partial charge in [0.15, 0.2) is 5.78 Å². The van der Waals surface area contributed by atoms with Gasteiger partial charge in [-0.25, -0.2) is 4.79 Å². The van der Waals surface area contributed by atoms with Crippen molar-refractivity contribution in [1.82, 2.24) is 0 Å². The van der Waals surface area contributed by atoms with Gasteiger partial charge in [0.05, 0.1) is 0 Å². The molecule has 0 aliphatic rings. The number of ketones is 1. The fourth-order valence-electron chi connectivity index (χ4n) is 3.04. The Morgan fingerprint density at radius 1 is 0.889 bits per heavy atom. The first-order valence-electron chi connectivity index (χ1n) is 8.41. The number of amides is 1. The van der Waals surface area contributed by atoms with Gasteiger partial charge < -0.3 is 9.73 Å². The number of Topliss-reactive ketones (excluding diaryl/α,β-unsaturated/α-hetero) is 1. The molecule has 0 spiro atoms. The lowest BCUT2D eigenvalue weighted by Crippen LogP contribution is -2.20. The normalized spacial score (nSPS) is 10.9. The summed E-state index contributed by atoms with van der Waals surface area (Å²) in [5.74, 6) is -0.693. The molecule has 0 saturated heterocycles. The highest BCUT2D eigenvalue weighted by molar-refractivity contribution is 6.10. The summed E-state index contributed by atoms with van der Waals surface area (Å²) in [4.78, 5) is 36.4. The van der Waals surface area contributed by atoms with Crippen LogP contribution in [0.3, 0.4) is 0 Å². The minimum atomic E-state index is -0.710. The first-order valence-corrected chi connectivity index (χ1v) is 8.41. The Kier molecular flexibility index (Phi) is 4.05. The molecule has 5 heteroatoms. The molecular weight excluding hydrogens is 342 g/mol. The van der Waals surface area contributed by atoms with Crippen molar-refractivity contribution in [3.8, 4) is 0 Å². The molecule has 5 nitrogen and oxygen atoms in total. The van der Waals surface area contributed by atoms with Crippen molar-refractivity contribution in [2.45, 2.75) is 6.92 Å². The van der Waals surface area contributed by atoms with E-state index in [-0.39, 0.29) is 11.3 Å². The molecule has 0 aliphatic heterocycles. The highest BCUT2D eigenvalue weighted by Gasteiger charge is 2.15. The lowest BCUT2D eigenvalue weighted by Gasteiger charge is -2.07. The molecular formula is C22H15NO4. The van der Waals surface area contributed by atoms with Crippen LogP contribution in [0.2, 0.25) is 0 Å². The van der Waals surface area contributed by atoms with E-state index in [2.05, 4.69) is 5.32 Å². The van der Waals surface area contributed by atoms with Crippen LogP contribution in [-0.4, -0.2) is 11.7 Å². The van der Waals surface area contributed by atoms with Crippen molar-refractivity contribution in [2.24, 2.45) is 0 Å². The largest absolute Gasteiger partial charge is 0.422 e. The van der Waals surface area contributed by atoms with Crippen LogP contribution in [0.1, 0.15) is 27.6 Å². The van der Waals surface area contributed by atoms with Gasteiger partial charge >= 0.3 is 5.63 Å². The zero-order valence-electron chi connectivity index (χ0n) is 14.5. The van der Waals surface area contributed by atoms with Crippen LogP contribution in [0.4, 0.5) is 5.69 Å². The summed E-state index contributed by atoms with van der Waals surface area (Å²) < 4.78 is 5.35. The molecule has 27 heavy (non-hydrogen) atoms. The molecule has 0 saturated carbocycles. The third kappa shape index (κ3) is 3.11. The number of hydrogen-bond acceptors (Lipinski definition) is 4. The van der Waals surface area contributed by atoms with Crippen molar-refractivity contribution in [1.29, 1.82) is 0 Å². The van der Waals surface area contributed by atoms with Gasteiger partial charge in [0.1, 0.15) is 11.1 Å². The van der Waals surface area contributed by atoms with Crippen molar-refractivity contribution in [3.05, 3.63) is 88.3 Å². The zero-order chi connectivity index (χ0) is 19.0. The molecule has 0 fully saturated rings. The Bertz CT molecular complexity index is 1270. The van der Waals surface area contributed by atoms with Gasteiger partial charge in [-0.3, -0.25) is 9.59 Å². The predicted octanol–water partition coefficient (Wildman–Crippen LogP) is 4.40. The van der Waals surface area contributed by atoms with E-state index in [1.165, 1.54) is 6.92 Å². The van der Waals surface area contributed by atoms with Crippen LogP contribution in [-0.2, 0) is 0 Å². The molecule has 0 unspecified atom stereocenters. The number of nitrogens with one attached hydrogen (secondary N) is 1. The lowest BCUT2D eigenvalue weighted by atomic mass is 10.0. The SMILES string of the molecule is CC(=O)c1cccc(NC(=O)c2cc3c(ccc4ccccc43)oc2=O)c1. The molecule has 1 aromatic heterocycles. The van der Waals surface area contributed by atoms with Crippen LogP contribution in [0.5, 0.6) is 0 Å². The summed E-state index contributed by atoms with van der Waals surface area (Å²) >= 11 is 0. The number of carbonyl (C=O) groups excluding carboxylic acids is 2. The second kappa shape index (κ2) is 6.53. The standard InChI is InChI=1S/C22H15NO4/c1-13(24)15-6-4-7-16(11-15)23-21(25)19-12-18-17-8-3-2-5-14(17)9-10-20(18)27-22(19)26/h2-12H,1H3,(H,23,25). The number of anilines is 1. The summed E-state index contributed by atoms with van der Waals surface area (Å²) in [6, 6.07) is 19.4. The van der Waals surface area contributed by atoms with Gasteiger partial charge in [-0.05, 0) is 42.0 Å². The average Bonchev–Trinajstić information content (AvgIpc) is 2.67. The summed E-state index contributed by atoms with van der Waals surface area (Å²) in [5.41, 5.74) is 0.536. The van der Waals surface area contributed by atoms with E-state index in [0.29, 0.717) is 22.2 Å². The maximum Gasteiger partial charge on any atom is 0.349 e. The monoisotopic (exact) mass is 357 g/mol. The summed E-state index contributed by atoms with van der Waals surface area (Å²) in [5, 5.41) is 5.23. The van der Waals surface area contributed by atoms with Gasteiger partial charge in [0, 0.05) is 16.6 Å². The third-order valence-corrected chi connectivity index (χ3v) is 4.41. The molecule has 0 aliphatic carbocycles. The van der Waals surface area contributed by atoms with E-state index < -0.39 is 11.5 Å². The van der Waals surface area contributed by atoms with Crippen LogP contribution in [0, 0.1) is 0 Å². The van der Waals surface area contributed by atoms with Crippen LogP contribution in [0.15, 0.2) is 75.9 Å². The fourth-order valence-corrected chi connectivity index (χ4v) is 3.04. The minimum Gasteiger partial charge on any atom is -0.422 e. The Hall–Kier alpha value is -3.73. The zero-order valence-corrected chi connectivity index (χ0v) is 14.5.